The highest BCUT2D eigenvalue weighted by Crippen LogP contribution is 2.32. The number of carboxylic acid groups (broad SMARTS) is 1. The molecule has 0 spiro atoms. The number of hydrogen-bond acceptors (Lipinski definition) is 6. The summed E-state index contributed by atoms with van der Waals surface area (Å²) in [6.07, 6.45) is 1.12. The number of nitro groups is 1. The van der Waals surface area contributed by atoms with Gasteiger partial charge in [-0.2, -0.15) is 0 Å². The summed E-state index contributed by atoms with van der Waals surface area (Å²) >= 11 is 0.711. The van der Waals surface area contributed by atoms with Crippen LogP contribution in [0, 0.1) is 10.1 Å². The molecule has 0 radical (unpaired) electrons. The van der Waals surface area contributed by atoms with Crippen molar-refractivity contribution >= 4 is 40.6 Å². The molecule has 1 aliphatic heterocycles. The minimum Gasteiger partial charge on any atom is -0.481 e. The summed E-state index contributed by atoms with van der Waals surface area (Å²) in [7, 11) is 0. The average molecular weight is 322 g/mol. The smallest absolute Gasteiger partial charge is 0.305 e. The zero-order chi connectivity index (χ0) is 16.3. The number of hydrogen-bond donors (Lipinski definition) is 1. The molecule has 22 heavy (non-hydrogen) atoms. The Labute approximate surface area is 128 Å². The summed E-state index contributed by atoms with van der Waals surface area (Å²) in [5.41, 5.74) is 0.459. The quantitative estimate of drug-likeness (QED) is 0.501. The van der Waals surface area contributed by atoms with Crippen molar-refractivity contribution in [3.8, 4) is 0 Å². The monoisotopic (exact) mass is 322 g/mol. The average Bonchev–Trinajstić information content (AvgIpc) is 2.72. The summed E-state index contributed by atoms with van der Waals surface area (Å²) in [5, 5.41) is 18.6. The number of benzene rings is 1. The highest BCUT2D eigenvalue weighted by molar-refractivity contribution is 8.18. The lowest BCUT2D eigenvalue weighted by Gasteiger charge is -2.09. The number of carboxylic acids is 1. The Bertz CT molecular complexity index is 682. The first-order valence-electron chi connectivity index (χ1n) is 6.10. The van der Waals surface area contributed by atoms with Crippen LogP contribution in [0.1, 0.15) is 12.0 Å². The van der Waals surface area contributed by atoms with Crippen LogP contribution in [0.5, 0.6) is 0 Å². The minimum absolute atomic E-state index is 0.0771. The van der Waals surface area contributed by atoms with Crippen LogP contribution in [-0.4, -0.2) is 38.6 Å². The van der Waals surface area contributed by atoms with Crippen LogP contribution in [0.2, 0.25) is 0 Å². The second-order valence-electron chi connectivity index (χ2n) is 4.33. The van der Waals surface area contributed by atoms with Crippen molar-refractivity contribution in [3.63, 3.8) is 0 Å². The molecule has 9 heteroatoms. The fourth-order valence-corrected chi connectivity index (χ4v) is 2.61. The molecular formula is C13H10N2O6S. The fraction of sp³-hybridized carbons (Fsp3) is 0.154. The number of aliphatic carboxylic acids is 1. The van der Waals surface area contributed by atoms with Gasteiger partial charge in [-0.15, -0.1) is 0 Å². The predicted octanol–water partition coefficient (Wildman–Crippen LogP) is 2.11. The SMILES string of the molecule is O=C(O)CCN1C(=O)S/C(=C\c2ccc([N+](=O)[O-])cc2)C1=O. The Morgan fingerprint density at radius 3 is 2.50 bits per heavy atom. The zero-order valence-electron chi connectivity index (χ0n) is 11.1. The molecule has 1 aromatic rings. The number of amides is 2. The van der Waals surface area contributed by atoms with Gasteiger partial charge in [0.15, 0.2) is 0 Å². The van der Waals surface area contributed by atoms with E-state index in [1.807, 2.05) is 0 Å². The van der Waals surface area contributed by atoms with Crippen molar-refractivity contribution in [1.82, 2.24) is 4.90 Å². The van der Waals surface area contributed by atoms with Gasteiger partial charge in [0.05, 0.1) is 16.2 Å². The van der Waals surface area contributed by atoms with E-state index in [4.69, 9.17) is 5.11 Å². The molecule has 1 aromatic carbocycles. The molecule has 0 bridgehead atoms. The van der Waals surface area contributed by atoms with E-state index < -0.39 is 22.0 Å². The summed E-state index contributed by atoms with van der Waals surface area (Å²) < 4.78 is 0. The molecule has 2 rings (SSSR count). The molecule has 0 saturated carbocycles. The Hall–Kier alpha value is -2.68. The maximum Gasteiger partial charge on any atom is 0.305 e. The van der Waals surface area contributed by atoms with Crippen LogP contribution in [0.4, 0.5) is 10.5 Å². The van der Waals surface area contributed by atoms with Gasteiger partial charge in [0.25, 0.3) is 16.8 Å². The highest BCUT2D eigenvalue weighted by atomic mass is 32.2. The lowest BCUT2D eigenvalue weighted by molar-refractivity contribution is -0.384. The van der Waals surface area contributed by atoms with E-state index in [0.29, 0.717) is 17.3 Å². The molecule has 0 atom stereocenters. The Kier molecular flexibility index (Phi) is 4.56. The van der Waals surface area contributed by atoms with E-state index in [1.54, 1.807) is 0 Å². The van der Waals surface area contributed by atoms with E-state index in [9.17, 15) is 24.5 Å². The molecule has 0 aliphatic carbocycles. The van der Waals surface area contributed by atoms with Crippen molar-refractivity contribution in [2.75, 3.05) is 6.54 Å². The summed E-state index contributed by atoms with van der Waals surface area (Å²) in [4.78, 5) is 45.3. The van der Waals surface area contributed by atoms with Crippen molar-refractivity contribution < 1.29 is 24.4 Å². The van der Waals surface area contributed by atoms with E-state index in [2.05, 4.69) is 0 Å². The number of nitrogens with zero attached hydrogens (tertiary/aromatic N) is 2. The normalized spacial score (nSPS) is 16.4. The Morgan fingerprint density at radius 2 is 1.95 bits per heavy atom. The second-order valence-corrected chi connectivity index (χ2v) is 5.32. The fourth-order valence-electron chi connectivity index (χ4n) is 1.74. The Balaban J connectivity index is 2.15. The third kappa shape index (κ3) is 3.50. The molecule has 1 heterocycles. The number of thioether (sulfide) groups is 1. The van der Waals surface area contributed by atoms with Crippen LogP contribution in [-0.2, 0) is 9.59 Å². The molecule has 2 amide bonds. The topological polar surface area (TPSA) is 118 Å². The van der Waals surface area contributed by atoms with Crippen molar-refractivity contribution in [1.29, 1.82) is 0 Å². The molecule has 0 unspecified atom stereocenters. The highest BCUT2D eigenvalue weighted by Gasteiger charge is 2.34. The molecule has 1 N–H and O–H groups in total. The Morgan fingerprint density at radius 1 is 1.32 bits per heavy atom. The molecule has 8 nitrogen and oxygen atoms in total. The lowest BCUT2D eigenvalue weighted by atomic mass is 10.2. The van der Waals surface area contributed by atoms with Gasteiger partial charge in [0.2, 0.25) is 0 Å². The molecule has 1 aliphatic rings. The standard InChI is InChI=1S/C13H10N2O6S/c16-11(17)5-6-14-12(18)10(22-13(14)19)7-8-1-3-9(4-2-8)15(20)21/h1-4,7H,5-6H2,(H,16,17)/b10-7-. The predicted molar refractivity (Wildman–Crippen MR) is 78.0 cm³/mol. The summed E-state index contributed by atoms with van der Waals surface area (Å²) in [6, 6.07) is 5.51. The van der Waals surface area contributed by atoms with Crippen molar-refractivity contribution in [3.05, 3.63) is 44.8 Å². The number of imide groups is 1. The molecule has 1 saturated heterocycles. The van der Waals surface area contributed by atoms with E-state index in [-0.39, 0.29) is 23.6 Å². The lowest BCUT2D eigenvalue weighted by Crippen LogP contribution is -2.30. The van der Waals surface area contributed by atoms with E-state index in [0.717, 1.165) is 4.90 Å². The number of nitro benzene ring substituents is 1. The van der Waals surface area contributed by atoms with Gasteiger partial charge < -0.3 is 5.11 Å². The van der Waals surface area contributed by atoms with Gasteiger partial charge in [0, 0.05) is 18.7 Å². The molecule has 0 aromatic heterocycles. The minimum atomic E-state index is -1.10. The van der Waals surface area contributed by atoms with Gasteiger partial charge in [-0.1, -0.05) is 0 Å². The van der Waals surface area contributed by atoms with E-state index >= 15 is 0 Å². The van der Waals surface area contributed by atoms with Crippen molar-refractivity contribution in [2.45, 2.75) is 6.42 Å². The van der Waals surface area contributed by atoms with E-state index in [1.165, 1.54) is 30.3 Å². The van der Waals surface area contributed by atoms with Crippen molar-refractivity contribution in [2.24, 2.45) is 0 Å². The third-order valence-corrected chi connectivity index (χ3v) is 3.73. The maximum absolute atomic E-state index is 12.0. The number of rotatable bonds is 5. The zero-order valence-corrected chi connectivity index (χ0v) is 11.9. The summed E-state index contributed by atoms with van der Waals surface area (Å²) in [5.74, 6) is -1.66. The molecule has 1 fully saturated rings. The number of non-ortho nitro benzene ring substituents is 1. The molecule has 114 valence electrons. The molecular weight excluding hydrogens is 312 g/mol. The largest absolute Gasteiger partial charge is 0.481 e. The van der Waals surface area contributed by atoms with Gasteiger partial charge in [-0.05, 0) is 35.5 Å². The second kappa shape index (κ2) is 6.39. The van der Waals surface area contributed by atoms with Crippen LogP contribution >= 0.6 is 11.8 Å². The number of carbonyl (C=O) groups is 3. The first-order chi connectivity index (χ1) is 10.4. The first-order valence-corrected chi connectivity index (χ1v) is 6.92. The van der Waals surface area contributed by atoms with Gasteiger partial charge in [-0.3, -0.25) is 29.4 Å². The van der Waals surface area contributed by atoms with Crippen LogP contribution in [0.3, 0.4) is 0 Å². The van der Waals surface area contributed by atoms with Gasteiger partial charge in [-0.25, -0.2) is 0 Å². The maximum atomic E-state index is 12.0. The van der Waals surface area contributed by atoms with Gasteiger partial charge >= 0.3 is 5.97 Å². The summed E-state index contributed by atoms with van der Waals surface area (Å²) in [6.45, 7) is -0.183. The van der Waals surface area contributed by atoms with Crippen LogP contribution in [0.15, 0.2) is 29.2 Å². The first kappa shape index (κ1) is 15.7. The third-order valence-electron chi connectivity index (χ3n) is 2.82. The van der Waals surface area contributed by atoms with Gasteiger partial charge in [0.1, 0.15) is 0 Å². The van der Waals surface area contributed by atoms with Crippen LogP contribution in [0.25, 0.3) is 6.08 Å². The van der Waals surface area contributed by atoms with Crippen LogP contribution < -0.4 is 0 Å². The number of carbonyl (C=O) groups excluding carboxylic acids is 2.